The van der Waals surface area contributed by atoms with E-state index in [1.807, 2.05) is 0 Å². The summed E-state index contributed by atoms with van der Waals surface area (Å²) in [4.78, 5) is 1.94. The van der Waals surface area contributed by atoms with Crippen LogP contribution in [0.25, 0.3) is 0 Å². The van der Waals surface area contributed by atoms with E-state index in [9.17, 15) is 0 Å². The van der Waals surface area contributed by atoms with Crippen LogP contribution in [0, 0.1) is 0 Å². The standard InChI is InChI=1S/C7H9BrS/c1-9-7-4-2-6(8)3-5-7/h2,4-6H,3H2,1H3. The van der Waals surface area contributed by atoms with E-state index in [0.717, 1.165) is 6.42 Å². The second kappa shape index (κ2) is 3.47. The van der Waals surface area contributed by atoms with Crippen LogP contribution in [0.5, 0.6) is 0 Å². The fourth-order valence-electron chi connectivity index (χ4n) is 0.726. The Morgan fingerprint density at radius 2 is 2.56 bits per heavy atom. The zero-order valence-corrected chi connectivity index (χ0v) is 7.71. The van der Waals surface area contributed by atoms with Crippen molar-refractivity contribution < 1.29 is 0 Å². The van der Waals surface area contributed by atoms with E-state index < -0.39 is 0 Å². The summed E-state index contributed by atoms with van der Waals surface area (Å²) in [6.07, 6.45) is 9.83. The Bertz CT molecular complexity index is 149. The molecule has 1 aliphatic carbocycles. The van der Waals surface area contributed by atoms with Crippen molar-refractivity contribution >= 4 is 27.7 Å². The number of hydrogen-bond donors (Lipinski definition) is 0. The van der Waals surface area contributed by atoms with E-state index in [1.165, 1.54) is 4.91 Å². The molecular weight excluding hydrogens is 196 g/mol. The maximum atomic E-state index is 3.50. The van der Waals surface area contributed by atoms with Crippen molar-refractivity contribution in [3.05, 3.63) is 23.1 Å². The van der Waals surface area contributed by atoms with Gasteiger partial charge in [-0.1, -0.05) is 34.2 Å². The normalized spacial score (nSPS) is 26.0. The summed E-state index contributed by atoms with van der Waals surface area (Å²) in [5.74, 6) is 0. The van der Waals surface area contributed by atoms with Gasteiger partial charge in [0.15, 0.2) is 0 Å². The Morgan fingerprint density at radius 3 is 3.00 bits per heavy atom. The number of hydrogen-bond acceptors (Lipinski definition) is 1. The Balaban J connectivity index is 2.52. The summed E-state index contributed by atoms with van der Waals surface area (Å²) < 4.78 is 0. The van der Waals surface area contributed by atoms with Crippen LogP contribution in [0.4, 0.5) is 0 Å². The largest absolute Gasteiger partial charge is 0.130 e. The average Bonchev–Trinajstić information content (AvgIpc) is 1.90. The van der Waals surface area contributed by atoms with Crippen molar-refractivity contribution in [1.82, 2.24) is 0 Å². The van der Waals surface area contributed by atoms with E-state index in [-0.39, 0.29) is 0 Å². The molecule has 2 heteroatoms. The first-order valence-electron chi connectivity index (χ1n) is 2.89. The van der Waals surface area contributed by atoms with Crippen molar-refractivity contribution in [3.8, 4) is 0 Å². The molecule has 0 fully saturated rings. The molecule has 0 amide bonds. The molecule has 0 aromatic heterocycles. The van der Waals surface area contributed by atoms with Crippen molar-refractivity contribution in [2.45, 2.75) is 11.2 Å². The Hall–Kier alpha value is 0.310. The van der Waals surface area contributed by atoms with E-state index in [4.69, 9.17) is 0 Å². The van der Waals surface area contributed by atoms with Crippen LogP contribution >= 0.6 is 27.7 Å². The molecule has 0 saturated heterocycles. The van der Waals surface area contributed by atoms with Gasteiger partial charge in [-0.2, -0.15) is 0 Å². The number of halogens is 1. The van der Waals surface area contributed by atoms with Crippen LogP contribution in [0.3, 0.4) is 0 Å². The van der Waals surface area contributed by atoms with Crippen LogP contribution in [0.2, 0.25) is 0 Å². The van der Waals surface area contributed by atoms with Gasteiger partial charge in [-0.15, -0.1) is 11.8 Å². The third-order valence-corrected chi connectivity index (χ3v) is 2.70. The molecule has 9 heavy (non-hydrogen) atoms. The molecule has 1 rings (SSSR count). The van der Waals surface area contributed by atoms with Crippen LogP contribution in [-0.2, 0) is 0 Å². The van der Waals surface area contributed by atoms with Gasteiger partial charge in [0.05, 0.1) is 0 Å². The van der Waals surface area contributed by atoms with E-state index in [0.29, 0.717) is 4.83 Å². The quantitative estimate of drug-likeness (QED) is 0.593. The second-order valence-electron chi connectivity index (χ2n) is 1.92. The van der Waals surface area contributed by atoms with Crippen LogP contribution in [-0.4, -0.2) is 11.1 Å². The Morgan fingerprint density at radius 1 is 1.78 bits per heavy atom. The van der Waals surface area contributed by atoms with Crippen molar-refractivity contribution in [1.29, 1.82) is 0 Å². The third kappa shape index (κ3) is 2.18. The highest BCUT2D eigenvalue weighted by Crippen LogP contribution is 2.22. The highest BCUT2D eigenvalue weighted by molar-refractivity contribution is 9.09. The molecule has 0 nitrogen and oxygen atoms in total. The van der Waals surface area contributed by atoms with Crippen LogP contribution < -0.4 is 0 Å². The Labute approximate surface area is 68.5 Å². The molecule has 1 unspecified atom stereocenters. The maximum absolute atomic E-state index is 3.50. The van der Waals surface area contributed by atoms with E-state index in [2.05, 4.69) is 40.4 Å². The molecule has 0 N–H and O–H groups in total. The first-order valence-corrected chi connectivity index (χ1v) is 5.03. The SMILES string of the molecule is CSC1=CCC(Br)C=C1. The predicted molar refractivity (Wildman–Crippen MR) is 48.1 cm³/mol. The van der Waals surface area contributed by atoms with Gasteiger partial charge in [0.1, 0.15) is 0 Å². The molecule has 0 spiro atoms. The smallest absolute Gasteiger partial charge is 0.0363 e. The fourth-order valence-corrected chi connectivity index (χ4v) is 1.54. The fraction of sp³-hybridized carbons (Fsp3) is 0.429. The number of rotatable bonds is 1. The first kappa shape index (κ1) is 7.42. The molecule has 0 bridgehead atoms. The zero-order chi connectivity index (χ0) is 6.69. The Kier molecular flexibility index (Phi) is 2.86. The summed E-state index contributed by atoms with van der Waals surface area (Å²) in [7, 11) is 0. The average molecular weight is 205 g/mol. The molecule has 1 atom stereocenters. The monoisotopic (exact) mass is 204 g/mol. The van der Waals surface area contributed by atoms with Crippen LogP contribution in [0.1, 0.15) is 6.42 Å². The van der Waals surface area contributed by atoms with Gasteiger partial charge in [0.2, 0.25) is 0 Å². The molecular formula is C7H9BrS. The highest BCUT2D eigenvalue weighted by Gasteiger charge is 2.02. The minimum absolute atomic E-state index is 0.563. The molecule has 0 aromatic carbocycles. The summed E-state index contributed by atoms with van der Waals surface area (Å²) in [6, 6.07) is 0. The molecule has 0 heterocycles. The summed E-state index contributed by atoms with van der Waals surface area (Å²) >= 11 is 5.31. The van der Waals surface area contributed by atoms with Gasteiger partial charge >= 0.3 is 0 Å². The van der Waals surface area contributed by atoms with E-state index in [1.54, 1.807) is 11.8 Å². The molecule has 0 saturated carbocycles. The third-order valence-electron chi connectivity index (χ3n) is 1.25. The van der Waals surface area contributed by atoms with Crippen molar-refractivity contribution in [2.75, 3.05) is 6.26 Å². The number of thioether (sulfide) groups is 1. The minimum Gasteiger partial charge on any atom is -0.130 e. The number of alkyl halides is 1. The maximum Gasteiger partial charge on any atom is 0.0363 e. The molecule has 0 radical (unpaired) electrons. The van der Waals surface area contributed by atoms with Gasteiger partial charge < -0.3 is 0 Å². The molecule has 0 aliphatic heterocycles. The summed E-state index contributed by atoms with van der Waals surface area (Å²) in [6.45, 7) is 0. The van der Waals surface area contributed by atoms with Crippen molar-refractivity contribution in [2.24, 2.45) is 0 Å². The predicted octanol–water partition coefficient (Wildman–Crippen LogP) is 2.96. The lowest BCUT2D eigenvalue weighted by atomic mass is 10.2. The van der Waals surface area contributed by atoms with Gasteiger partial charge in [0, 0.05) is 9.73 Å². The van der Waals surface area contributed by atoms with Gasteiger partial charge in [0.25, 0.3) is 0 Å². The summed E-state index contributed by atoms with van der Waals surface area (Å²) in [5, 5.41) is 0. The topological polar surface area (TPSA) is 0 Å². The molecule has 0 aromatic rings. The first-order chi connectivity index (χ1) is 4.33. The highest BCUT2D eigenvalue weighted by atomic mass is 79.9. The number of allylic oxidation sites excluding steroid dienone is 3. The minimum atomic E-state index is 0.563. The van der Waals surface area contributed by atoms with Crippen LogP contribution in [0.15, 0.2) is 23.1 Å². The lowest BCUT2D eigenvalue weighted by molar-refractivity contribution is 1.07. The van der Waals surface area contributed by atoms with E-state index >= 15 is 0 Å². The van der Waals surface area contributed by atoms with Gasteiger partial charge in [-0.05, 0) is 12.7 Å². The second-order valence-corrected chi connectivity index (χ2v) is 3.98. The molecule has 50 valence electrons. The summed E-state index contributed by atoms with van der Waals surface area (Å²) in [5.41, 5.74) is 0. The lowest BCUT2D eigenvalue weighted by Gasteiger charge is -2.07. The molecule has 1 aliphatic rings. The lowest BCUT2D eigenvalue weighted by Crippen LogP contribution is -1.94. The van der Waals surface area contributed by atoms with Gasteiger partial charge in [-0.3, -0.25) is 0 Å². The zero-order valence-electron chi connectivity index (χ0n) is 5.30. The van der Waals surface area contributed by atoms with Gasteiger partial charge in [-0.25, -0.2) is 0 Å². The van der Waals surface area contributed by atoms with Crippen molar-refractivity contribution in [3.63, 3.8) is 0 Å².